The van der Waals surface area contributed by atoms with Crippen LogP contribution < -0.4 is 11.1 Å². The predicted octanol–water partition coefficient (Wildman–Crippen LogP) is 2.22. The monoisotopic (exact) mass is 226 g/mol. The molecule has 3 heteroatoms. The van der Waals surface area contributed by atoms with Crippen molar-refractivity contribution in [2.75, 3.05) is 6.54 Å². The van der Waals surface area contributed by atoms with Gasteiger partial charge >= 0.3 is 0 Å². The van der Waals surface area contributed by atoms with Crippen molar-refractivity contribution >= 4 is 5.91 Å². The zero-order valence-corrected chi connectivity index (χ0v) is 10.9. The third-order valence-corrected chi connectivity index (χ3v) is 2.78. The van der Waals surface area contributed by atoms with E-state index < -0.39 is 0 Å². The molecule has 0 saturated carbocycles. The summed E-state index contributed by atoms with van der Waals surface area (Å²) in [6, 6.07) is 0.183. The molecule has 16 heavy (non-hydrogen) atoms. The van der Waals surface area contributed by atoms with Crippen molar-refractivity contribution in [1.29, 1.82) is 0 Å². The molecule has 1 atom stereocenters. The highest BCUT2D eigenvalue weighted by Crippen LogP contribution is 2.25. The molecule has 0 aromatic carbocycles. The number of amides is 1. The van der Waals surface area contributed by atoms with Gasteiger partial charge in [0.2, 0.25) is 5.91 Å². The lowest BCUT2D eigenvalue weighted by molar-refractivity contribution is -0.122. The summed E-state index contributed by atoms with van der Waals surface area (Å²) in [5.41, 5.74) is 5.69. The molecule has 0 rings (SSSR count). The molecule has 0 fully saturated rings. The molecule has 94 valence electrons. The van der Waals surface area contributed by atoms with E-state index in [4.69, 9.17) is 5.73 Å². The van der Waals surface area contributed by atoms with Gasteiger partial charge in [0, 0.05) is 12.5 Å². The average Bonchev–Trinajstić information content (AvgIpc) is 2.15. The Morgan fingerprint density at radius 1 is 1.50 bits per heavy atom. The van der Waals surface area contributed by atoms with Gasteiger partial charge in [-0.1, -0.05) is 19.9 Å². The molecule has 3 nitrogen and oxygen atoms in total. The Bertz CT molecular complexity index is 224. The predicted molar refractivity (Wildman–Crippen MR) is 69.1 cm³/mol. The van der Waals surface area contributed by atoms with Gasteiger partial charge in [-0.05, 0) is 38.1 Å². The quantitative estimate of drug-likeness (QED) is 0.624. The van der Waals surface area contributed by atoms with E-state index >= 15 is 0 Å². The first kappa shape index (κ1) is 15.2. The fraction of sp³-hybridized carbons (Fsp3) is 0.769. The minimum Gasteiger partial charge on any atom is -0.353 e. The second-order valence-electron chi connectivity index (χ2n) is 5.20. The molecule has 0 aromatic heterocycles. The third-order valence-electron chi connectivity index (χ3n) is 2.78. The van der Waals surface area contributed by atoms with Gasteiger partial charge in [0.1, 0.15) is 0 Å². The van der Waals surface area contributed by atoms with Crippen molar-refractivity contribution in [3.63, 3.8) is 0 Å². The first-order valence-corrected chi connectivity index (χ1v) is 6.01. The summed E-state index contributed by atoms with van der Waals surface area (Å²) in [6.07, 6.45) is 5.06. The summed E-state index contributed by atoms with van der Waals surface area (Å²) in [5.74, 6) is 0.124. The maximum absolute atomic E-state index is 11.6. The summed E-state index contributed by atoms with van der Waals surface area (Å²) in [7, 11) is 0. The van der Waals surface area contributed by atoms with Gasteiger partial charge in [0.25, 0.3) is 0 Å². The third kappa shape index (κ3) is 7.46. The standard InChI is InChI=1S/C13H26N2O/c1-5-6-11(2)15-12(16)7-8-13(3,4)9-10-14/h5,11H,1,6-10,14H2,2-4H3,(H,15,16). The van der Waals surface area contributed by atoms with Crippen LogP contribution in [0.25, 0.3) is 0 Å². The Kier molecular flexibility index (Phi) is 7.06. The van der Waals surface area contributed by atoms with E-state index in [0.717, 1.165) is 19.3 Å². The van der Waals surface area contributed by atoms with E-state index in [9.17, 15) is 4.79 Å². The fourth-order valence-corrected chi connectivity index (χ4v) is 1.62. The molecule has 0 aliphatic heterocycles. The number of hydrogen-bond acceptors (Lipinski definition) is 2. The van der Waals surface area contributed by atoms with Crippen LogP contribution in [-0.4, -0.2) is 18.5 Å². The Morgan fingerprint density at radius 3 is 2.62 bits per heavy atom. The molecule has 0 saturated heterocycles. The number of nitrogens with two attached hydrogens (primary N) is 1. The molecule has 0 spiro atoms. The SMILES string of the molecule is C=CCC(C)NC(=O)CCC(C)(C)CCN. The van der Waals surface area contributed by atoms with Gasteiger partial charge < -0.3 is 11.1 Å². The topological polar surface area (TPSA) is 55.1 Å². The summed E-state index contributed by atoms with van der Waals surface area (Å²) < 4.78 is 0. The average molecular weight is 226 g/mol. The number of hydrogen-bond donors (Lipinski definition) is 2. The number of carbonyl (C=O) groups excluding carboxylic acids is 1. The van der Waals surface area contributed by atoms with Gasteiger partial charge in [-0.25, -0.2) is 0 Å². The van der Waals surface area contributed by atoms with Gasteiger partial charge in [-0.2, -0.15) is 0 Å². The first-order chi connectivity index (χ1) is 7.41. The lowest BCUT2D eigenvalue weighted by Crippen LogP contribution is -2.33. The van der Waals surface area contributed by atoms with E-state index in [2.05, 4.69) is 25.7 Å². The van der Waals surface area contributed by atoms with Crippen LogP contribution in [0, 0.1) is 5.41 Å². The molecule has 3 N–H and O–H groups in total. The Morgan fingerprint density at radius 2 is 2.12 bits per heavy atom. The zero-order valence-electron chi connectivity index (χ0n) is 10.9. The van der Waals surface area contributed by atoms with E-state index in [1.165, 1.54) is 0 Å². The molecular weight excluding hydrogens is 200 g/mol. The lowest BCUT2D eigenvalue weighted by Gasteiger charge is -2.23. The minimum atomic E-state index is 0.124. The van der Waals surface area contributed by atoms with Gasteiger partial charge in [-0.15, -0.1) is 6.58 Å². The van der Waals surface area contributed by atoms with Crippen molar-refractivity contribution in [3.05, 3.63) is 12.7 Å². The van der Waals surface area contributed by atoms with E-state index in [1.807, 2.05) is 13.0 Å². The van der Waals surface area contributed by atoms with Crippen LogP contribution in [0.1, 0.15) is 46.5 Å². The number of nitrogens with one attached hydrogen (secondary N) is 1. The smallest absolute Gasteiger partial charge is 0.220 e. The molecule has 1 unspecified atom stereocenters. The van der Waals surface area contributed by atoms with Crippen LogP contribution in [0.2, 0.25) is 0 Å². The molecular formula is C13H26N2O. The first-order valence-electron chi connectivity index (χ1n) is 6.01. The molecule has 1 amide bonds. The lowest BCUT2D eigenvalue weighted by atomic mass is 9.84. The fourth-order valence-electron chi connectivity index (χ4n) is 1.62. The second-order valence-corrected chi connectivity index (χ2v) is 5.20. The molecule has 0 bridgehead atoms. The highest BCUT2D eigenvalue weighted by molar-refractivity contribution is 5.76. The Hall–Kier alpha value is -0.830. The number of carbonyl (C=O) groups is 1. The minimum absolute atomic E-state index is 0.124. The van der Waals surface area contributed by atoms with E-state index in [-0.39, 0.29) is 17.4 Å². The van der Waals surface area contributed by atoms with E-state index in [0.29, 0.717) is 13.0 Å². The molecule has 0 aliphatic rings. The van der Waals surface area contributed by atoms with Crippen LogP contribution in [0.5, 0.6) is 0 Å². The van der Waals surface area contributed by atoms with Crippen LogP contribution >= 0.6 is 0 Å². The largest absolute Gasteiger partial charge is 0.353 e. The highest BCUT2D eigenvalue weighted by atomic mass is 16.1. The maximum Gasteiger partial charge on any atom is 0.220 e. The zero-order chi connectivity index (χ0) is 12.6. The molecule has 0 aliphatic carbocycles. The number of rotatable bonds is 8. The molecule has 0 radical (unpaired) electrons. The van der Waals surface area contributed by atoms with Crippen LogP contribution in [0.15, 0.2) is 12.7 Å². The highest BCUT2D eigenvalue weighted by Gasteiger charge is 2.18. The van der Waals surface area contributed by atoms with Gasteiger partial charge in [-0.3, -0.25) is 4.79 Å². The summed E-state index contributed by atoms with van der Waals surface area (Å²) >= 11 is 0. The van der Waals surface area contributed by atoms with Crippen LogP contribution in [-0.2, 0) is 4.79 Å². The second kappa shape index (κ2) is 7.44. The van der Waals surface area contributed by atoms with Crippen molar-refractivity contribution in [3.8, 4) is 0 Å². The van der Waals surface area contributed by atoms with Gasteiger partial charge in [0.05, 0.1) is 0 Å². The van der Waals surface area contributed by atoms with Crippen LogP contribution in [0.3, 0.4) is 0 Å². The Balaban J connectivity index is 3.84. The maximum atomic E-state index is 11.6. The van der Waals surface area contributed by atoms with Crippen LogP contribution in [0.4, 0.5) is 0 Å². The van der Waals surface area contributed by atoms with Crippen molar-refractivity contribution in [2.45, 2.75) is 52.5 Å². The van der Waals surface area contributed by atoms with Gasteiger partial charge in [0.15, 0.2) is 0 Å². The van der Waals surface area contributed by atoms with Crippen molar-refractivity contribution in [1.82, 2.24) is 5.32 Å². The Labute approximate surface area is 99.5 Å². The summed E-state index contributed by atoms with van der Waals surface area (Å²) in [4.78, 5) is 11.6. The van der Waals surface area contributed by atoms with E-state index in [1.54, 1.807) is 0 Å². The molecule has 0 heterocycles. The summed E-state index contributed by atoms with van der Waals surface area (Å²) in [6.45, 7) is 10.6. The van der Waals surface area contributed by atoms with Crippen molar-refractivity contribution in [2.24, 2.45) is 11.1 Å². The molecule has 0 aromatic rings. The normalized spacial score (nSPS) is 13.2. The summed E-state index contributed by atoms with van der Waals surface area (Å²) in [5, 5.41) is 2.95. The van der Waals surface area contributed by atoms with Crippen molar-refractivity contribution < 1.29 is 4.79 Å².